The van der Waals surface area contributed by atoms with Crippen LogP contribution in [-0.2, 0) is 10.1 Å². The lowest BCUT2D eigenvalue weighted by molar-refractivity contribution is -0.0510. The minimum Gasteiger partial charge on any atom is -0.491 e. The molecule has 0 bridgehead atoms. The topological polar surface area (TPSA) is 83.8 Å². The Morgan fingerprint density at radius 2 is 1.56 bits per heavy atom. The average molecular weight is 490 g/mol. The van der Waals surface area contributed by atoms with Gasteiger partial charge in [0.25, 0.3) is 0 Å². The quantitative estimate of drug-likeness (QED) is 0.388. The molecule has 2 aromatic carbocycles. The summed E-state index contributed by atoms with van der Waals surface area (Å²) in [4.78, 5) is 0. The van der Waals surface area contributed by atoms with Crippen molar-refractivity contribution in [3.63, 3.8) is 0 Å². The number of aliphatic hydroxyl groups is 1. The van der Waals surface area contributed by atoms with Crippen molar-refractivity contribution in [3.8, 4) is 16.9 Å². The van der Waals surface area contributed by atoms with Gasteiger partial charge in [-0.25, -0.2) is 0 Å². The second kappa shape index (κ2) is 9.36. The number of ether oxygens (including phenoxy) is 1. The summed E-state index contributed by atoms with van der Waals surface area (Å²) in [6, 6.07) is 16.2. The highest BCUT2D eigenvalue weighted by molar-refractivity contribution is 14.1. The summed E-state index contributed by atoms with van der Waals surface area (Å²) in [5.41, 5.74) is -3.14. The van der Waals surface area contributed by atoms with Gasteiger partial charge in [0.05, 0.1) is 6.61 Å². The van der Waals surface area contributed by atoms with E-state index in [4.69, 9.17) is 22.8 Å². The Bertz CT molecular complexity index is 776. The third-order valence-electron chi connectivity index (χ3n) is 2.69. The molecule has 0 heterocycles. The molecule has 0 amide bonds. The summed E-state index contributed by atoms with van der Waals surface area (Å²) in [7, 11) is -5.84. The summed E-state index contributed by atoms with van der Waals surface area (Å²) in [6.07, 6.45) is 0. The van der Waals surface area contributed by atoms with Crippen LogP contribution in [0.5, 0.6) is 5.75 Å². The van der Waals surface area contributed by atoms with E-state index in [1.807, 2.05) is 36.4 Å². The van der Waals surface area contributed by atoms with E-state index in [1.165, 1.54) is 14.7 Å². The van der Waals surface area contributed by atoms with Gasteiger partial charge < -0.3 is 9.84 Å². The number of hydrogen-bond acceptors (Lipinski definition) is 4. The predicted octanol–water partition coefficient (Wildman–Crippen LogP) is 3.72. The Morgan fingerprint density at radius 1 is 1.04 bits per heavy atom. The summed E-state index contributed by atoms with van der Waals surface area (Å²) in [5, 5.41) is 8.67. The maximum Gasteiger partial charge on any atom is 0.522 e. The third-order valence-corrected chi connectivity index (χ3v) is 4.22. The predicted molar refractivity (Wildman–Crippen MR) is 94.8 cm³/mol. The summed E-state index contributed by atoms with van der Waals surface area (Å²) < 4.78 is 64.1. The molecule has 0 fully saturated rings. The minimum absolute atomic E-state index is 0.0400. The summed E-state index contributed by atoms with van der Waals surface area (Å²) >= 11 is 2.33. The van der Waals surface area contributed by atoms with E-state index in [0.717, 1.165) is 5.75 Å². The average Bonchev–Trinajstić information content (AvgIpc) is 2.53. The SMILES string of the molecule is O=S(=O)(O)C(F)(F)F.OCCOc1ccc(-c2ccccc2I)cc1. The minimum atomic E-state index is -5.84. The highest BCUT2D eigenvalue weighted by atomic mass is 127. The Kier molecular flexibility index (Phi) is 8.12. The maximum atomic E-state index is 10.7. The van der Waals surface area contributed by atoms with E-state index >= 15 is 0 Å². The largest absolute Gasteiger partial charge is 0.522 e. The molecule has 25 heavy (non-hydrogen) atoms. The molecule has 0 spiro atoms. The van der Waals surface area contributed by atoms with Crippen molar-refractivity contribution in [1.29, 1.82) is 0 Å². The zero-order valence-corrected chi connectivity index (χ0v) is 15.5. The highest BCUT2D eigenvalue weighted by Crippen LogP contribution is 2.26. The van der Waals surface area contributed by atoms with Gasteiger partial charge in [-0.15, -0.1) is 0 Å². The van der Waals surface area contributed by atoms with Crippen molar-refractivity contribution in [1.82, 2.24) is 0 Å². The van der Waals surface area contributed by atoms with Crippen molar-refractivity contribution in [2.75, 3.05) is 13.2 Å². The lowest BCUT2D eigenvalue weighted by Gasteiger charge is -2.07. The first-order valence-electron chi connectivity index (χ1n) is 6.68. The van der Waals surface area contributed by atoms with Crippen LogP contribution in [0, 0.1) is 3.57 Å². The van der Waals surface area contributed by atoms with Crippen LogP contribution in [0.1, 0.15) is 0 Å². The zero-order valence-electron chi connectivity index (χ0n) is 12.6. The van der Waals surface area contributed by atoms with Crippen molar-refractivity contribution in [2.45, 2.75) is 5.51 Å². The molecule has 0 radical (unpaired) electrons. The molecule has 0 atom stereocenters. The second-order valence-corrected chi connectivity index (χ2v) is 7.07. The molecule has 10 heteroatoms. The standard InChI is InChI=1S/C14H13IO2.CHF3O3S/c15-14-4-2-1-3-13(14)11-5-7-12(8-6-11)17-10-9-16;2-1(3,4)8(5,6)7/h1-8,16H,9-10H2;(H,5,6,7). The molecule has 5 nitrogen and oxygen atoms in total. The second-order valence-electron chi connectivity index (χ2n) is 4.50. The first kappa shape index (κ1) is 21.7. The Labute approximate surface area is 156 Å². The molecule has 2 rings (SSSR count). The Balaban J connectivity index is 0.000000333. The van der Waals surface area contributed by atoms with Crippen molar-refractivity contribution in [3.05, 3.63) is 52.1 Å². The molecular formula is C15H14F3IO5S. The van der Waals surface area contributed by atoms with Crippen LogP contribution in [-0.4, -0.2) is 36.8 Å². The van der Waals surface area contributed by atoms with Crippen LogP contribution in [0.25, 0.3) is 11.1 Å². The molecule has 0 aliphatic heterocycles. The van der Waals surface area contributed by atoms with Crippen LogP contribution < -0.4 is 4.74 Å². The normalized spacial score (nSPS) is 11.4. The molecule has 2 aromatic rings. The Morgan fingerprint density at radius 3 is 2.00 bits per heavy atom. The van der Waals surface area contributed by atoms with Gasteiger partial charge in [0.15, 0.2) is 0 Å². The number of alkyl halides is 3. The molecule has 0 saturated heterocycles. The molecule has 0 unspecified atom stereocenters. The van der Waals surface area contributed by atoms with Gasteiger partial charge in [-0.2, -0.15) is 21.6 Å². The van der Waals surface area contributed by atoms with E-state index in [0.29, 0.717) is 6.61 Å². The molecule has 0 aromatic heterocycles. The lowest BCUT2D eigenvalue weighted by atomic mass is 10.1. The monoisotopic (exact) mass is 490 g/mol. The van der Waals surface area contributed by atoms with Gasteiger partial charge in [-0.3, -0.25) is 4.55 Å². The van der Waals surface area contributed by atoms with Crippen LogP contribution in [0.4, 0.5) is 13.2 Å². The van der Waals surface area contributed by atoms with Gasteiger partial charge in [-0.1, -0.05) is 30.3 Å². The van der Waals surface area contributed by atoms with E-state index in [-0.39, 0.29) is 6.61 Å². The van der Waals surface area contributed by atoms with Gasteiger partial charge in [-0.05, 0) is 51.9 Å². The molecular weight excluding hydrogens is 476 g/mol. The van der Waals surface area contributed by atoms with Crippen LogP contribution in [0.2, 0.25) is 0 Å². The smallest absolute Gasteiger partial charge is 0.491 e. The fourth-order valence-corrected chi connectivity index (χ4v) is 2.29. The zero-order chi connectivity index (χ0) is 19.1. The Hall–Kier alpha value is -1.37. The highest BCUT2D eigenvalue weighted by Gasteiger charge is 2.44. The van der Waals surface area contributed by atoms with Crippen molar-refractivity contribution in [2.24, 2.45) is 0 Å². The van der Waals surface area contributed by atoms with E-state index in [2.05, 4.69) is 34.7 Å². The number of rotatable bonds is 4. The van der Waals surface area contributed by atoms with Gasteiger partial charge in [0, 0.05) is 3.57 Å². The molecule has 2 N–H and O–H groups in total. The van der Waals surface area contributed by atoms with E-state index in [9.17, 15) is 13.2 Å². The number of hydrogen-bond donors (Lipinski definition) is 2. The summed E-state index contributed by atoms with van der Waals surface area (Å²) in [6.45, 7) is 0.376. The molecule has 0 aliphatic rings. The van der Waals surface area contributed by atoms with Gasteiger partial charge in [0.2, 0.25) is 0 Å². The van der Waals surface area contributed by atoms with Crippen molar-refractivity contribution >= 4 is 32.7 Å². The van der Waals surface area contributed by atoms with Crippen molar-refractivity contribution < 1.29 is 36.0 Å². The fraction of sp³-hybridized carbons (Fsp3) is 0.200. The molecule has 0 saturated carbocycles. The van der Waals surface area contributed by atoms with E-state index in [1.54, 1.807) is 0 Å². The van der Waals surface area contributed by atoms with Gasteiger partial charge in [0.1, 0.15) is 12.4 Å². The van der Waals surface area contributed by atoms with Gasteiger partial charge >= 0.3 is 15.6 Å². The fourth-order valence-electron chi connectivity index (χ4n) is 1.59. The third kappa shape index (κ3) is 7.18. The maximum absolute atomic E-state index is 10.7. The molecule has 138 valence electrons. The summed E-state index contributed by atoms with van der Waals surface area (Å²) in [5.74, 6) is 0.786. The number of halogens is 4. The first-order valence-corrected chi connectivity index (χ1v) is 9.20. The van der Waals surface area contributed by atoms with Crippen LogP contribution >= 0.6 is 22.6 Å². The van der Waals surface area contributed by atoms with Crippen LogP contribution in [0.3, 0.4) is 0 Å². The first-order chi connectivity index (χ1) is 11.6. The number of aliphatic hydroxyl groups excluding tert-OH is 1. The lowest BCUT2D eigenvalue weighted by Crippen LogP contribution is -2.21. The molecule has 0 aliphatic carbocycles. The van der Waals surface area contributed by atoms with Crippen LogP contribution in [0.15, 0.2) is 48.5 Å². The van der Waals surface area contributed by atoms with E-state index < -0.39 is 15.6 Å². The number of benzene rings is 2.